The summed E-state index contributed by atoms with van der Waals surface area (Å²) in [6, 6.07) is -0.290. The second kappa shape index (κ2) is 8.52. The monoisotopic (exact) mass is 299 g/mol. The minimum absolute atomic E-state index is 0.0372. The molecule has 0 fully saturated rings. The van der Waals surface area contributed by atoms with Crippen LogP contribution in [0.15, 0.2) is 6.20 Å². The van der Waals surface area contributed by atoms with Crippen LogP contribution in [0.2, 0.25) is 0 Å². The number of carbonyl (C=O) groups is 2. The molecule has 0 aliphatic heterocycles. The highest BCUT2D eigenvalue weighted by molar-refractivity contribution is 7.11. The number of nitrogens with one attached hydrogen (secondary N) is 2. The molecule has 0 spiro atoms. The number of aryl methyl sites for hydroxylation is 1. The molecule has 1 unspecified atom stereocenters. The number of aromatic nitrogens is 1. The van der Waals surface area contributed by atoms with Gasteiger partial charge in [0.1, 0.15) is 5.01 Å². The van der Waals surface area contributed by atoms with Crippen LogP contribution in [0, 0.1) is 5.92 Å². The summed E-state index contributed by atoms with van der Waals surface area (Å²) in [7, 11) is 0. The van der Waals surface area contributed by atoms with Crippen molar-refractivity contribution in [1.82, 2.24) is 15.6 Å². The predicted molar refractivity (Wildman–Crippen MR) is 77.8 cm³/mol. The number of amides is 2. The van der Waals surface area contributed by atoms with Gasteiger partial charge in [-0.15, -0.1) is 11.3 Å². The third kappa shape index (κ3) is 6.01. The molecule has 1 aromatic heterocycles. The van der Waals surface area contributed by atoms with Crippen molar-refractivity contribution in [3.63, 3.8) is 0 Å². The summed E-state index contributed by atoms with van der Waals surface area (Å²) < 4.78 is 0. The van der Waals surface area contributed by atoms with Crippen LogP contribution in [0.5, 0.6) is 0 Å². The van der Waals surface area contributed by atoms with Gasteiger partial charge in [0.25, 0.3) is 0 Å². The van der Waals surface area contributed by atoms with Crippen LogP contribution >= 0.6 is 11.3 Å². The van der Waals surface area contributed by atoms with E-state index in [1.807, 2.05) is 13.1 Å². The van der Waals surface area contributed by atoms with Crippen LogP contribution in [0.3, 0.4) is 0 Å². The Balaban J connectivity index is 2.27. The molecular formula is C13H21N3O3S. The number of urea groups is 1. The molecule has 7 heteroatoms. The Morgan fingerprint density at radius 1 is 1.40 bits per heavy atom. The summed E-state index contributed by atoms with van der Waals surface area (Å²) in [5.74, 6) is -0.876. The van der Waals surface area contributed by atoms with E-state index in [1.54, 1.807) is 11.3 Å². The summed E-state index contributed by atoms with van der Waals surface area (Å²) >= 11 is 1.58. The Hall–Kier alpha value is -1.63. The van der Waals surface area contributed by atoms with E-state index in [0.717, 1.165) is 17.8 Å². The maximum atomic E-state index is 11.6. The normalized spacial score (nSPS) is 11.9. The molecule has 0 saturated carbocycles. The SMILES string of the molecule is CCc1cnc(CNC(=O)NCC(CC)CC(=O)O)s1. The Morgan fingerprint density at radius 2 is 2.15 bits per heavy atom. The van der Waals surface area contributed by atoms with Crippen LogP contribution in [-0.4, -0.2) is 28.6 Å². The summed E-state index contributed by atoms with van der Waals surface area (Å²) in [5.41, 5.74) is 0. The smallest absolute Gasteiger partial charge is 0.315 e. The highest BCUT2D eigenvalue weighted by atomic mass is 32.1. The van der Waals surface area contributed by atoms with Gasteiger partial charge >= 0.3 is 12.0 Å². The first kappa shape index (κ1) is 16.4. The van der Waals surface area contributed by atoms with Crippen LogP contribution in [-0.2, 0) is 17.8 Å². The quantitative estimate of drug-likeness (QED) is 0.684. The molecule has 112 valence electrons. The molecule has 6 nitrogen and oxygen atoms in total. The second-order valence-corrected chi connectivity index (χ2v) is 5.71. The first-order chi connectivity index (χ1) is 9.55. The summed E-state index contributed by atoms with van der Waals surface area (Å²) in [4.78, 5) is 27.6. The van der Waals surface area contributed by atoms with E-state index in [0.29, 0.717) is 13.1 Å². The molecule has 1 heterocycles. The topological polar surface area (TPSA) is 91.3 Å². The first-order valence-corrected chi connectivity index (χ1v) is 7.53. The van der Waals surface area contributed by atoms with Crippen molar-refractivity contribution < 1.29 is 14.7 Å². The van der Waals surface area contributed by atoms with Crippen molar-refractivity contribution in [2.24, 2.45) is 5.92 Å². The van der Waals surface area contributed by atoms with Crippen molar-refractivity contribution in [2.75, 3.05) is 6.54 Å². The standard InChI is InChI=1S/C13H21N3O3S/c1-3-9(5-12(17)18)6-15-13(19)16-8-11-14-7-10(4-2)20-11/h7,9H,3-6,8H2,1-2H3,(H,17,18)(H2,15,16,19). The zero-order valence-corrected chi connectivity index (χ0v) is 12.6. The largest absolute Gasteiger partial charge is 0.481 e. The van der Waals surface area contributed by atoms with Crippen LogP contribution in [0.1, 0.15) is 36.6 Å². The van der Waals surface area contributed by atoms with E-state index in [9.17, 15) is 9.59 Å². The lowest BCUT2D eigenvalue weighted by Gasteiger charge is -2.13. The van der Waals surface area contributed by atoms with Crippen LogP contribution < -0.4 is 10.6 Å². The number of hydrogen-bond donors (Lipinski definition) is 3. The van der Waals surface area contributed by atoms with Crippen molar-refractivity contribution in [1.29, 1.82) is 0 Å². The van der Waals surface area contributed by atoms with E-state index in [2.05, 4.69) is 22.5 Å². The van der Waals surface area contributed by atoms with Gasteiger partial charge in [-0.05, 0) is 12.3 Å². The number of nitrogens with zero attached hydrogens (tertiary/aromatic N) is 1. The molecule has 2 amide bonds. The van der Waals surface area contributed by atoms with Gasteiger partial charge in [-0.1, -0.05) is 20.3 Å². The second-order valence-electron chi connectivity index (χ2n) is 4.51. The van der Waals surface area contributed by atoms with Gasteiger partial charge in [0, 0.05) is 24.0 Å². The average Bonchev–Trinajstić information content (AvgIpc) is 2.88. The molecule has 20 heavy (non-hydrogen) atoms. The zero-order chi connectivity index (χ0) is 15.0. The van der Waals surface area contributed by atoms with E-state index in [-0.39, 0.29) is 18.4 Å². The number of carboxylic acid groups (broad SMARTS) is 1. The third-order valence-corrected chi connectivity index (χ3v) is 4.08. The van der Waals surface area contributed by atoms with Crippen LogP contribution in [0.25, 0.3) is 0 Å². The summed E-state index contributed by atoms with van der Waals surface area (Å²) in [6.07, 6.45) is 3.55. The van der Waals surface area contributed by atoms with Gasteiger partial charge in [0.2, 0.25) is 0 Å². The molecule has 0 aliphatic rings. The fraction of sp³-hybridized carbons (Fsp3) is 0.615. The molecule has 0 saturated heterocycles. The van der Waals surface area contributed by atoms with Crippen LogP contribution in [0.4, 0.5) is 4.79 Å². The molecule has 0 aromatic carbocycles. The van der Waals surface area contributed by atoms with Crippen molar-refractivity contribution >= 4 is 23.3 Å². The van der Waals surface area contributed by atoms with Gasteiger partial charge in [-0.2, -0.15) is 0 Å². The number of hydrogen-bond acceptors (Lipinski definition) is 4. The fourth-order valence-corrected chi connectivity index (χ4v) is 2.46. The summed E-state index contributed by atoms with van der Waals surface area (Å²) in [5, 5.41) is 15.0. The lowest BCUT2D eigenvalue weighted by molar-refractivity contribution is -0.138. The lowest BCUT2D eigenvalue weighted by Crippen LogP contribution is -2.38. The predicted octanol–water partition coefficient (Wildman–Crippen LogP) is 2.01. The number of carboxylic acids is 1. The molecule has 3 N–H and O–H groups in total. The maximum Gasteiger partial charge on any atom is 0.315 e. The molecular weight excluding hydrogens is 278 g/mol. The van der Waals surface area contributed by atoms with Crippen molar-refractivity contribution in [2.45, 2.75) is 39.7 Å². The molecule has 0 bridgehead atoms. The van der Waals surface area contributed by atoms with Gasteiger partial charge in [0.05, 0.1) is 6.54 Å². The van der Waals surface area contributed by atoms with Crippen molar-refractivity contribution in [3.05, 3.63) is 16.1 Å². The first-order valence-electron chi connectivity index (χ1n) is 6.72. The molecule has 1 aromatic rings. The minimum atomic E-state index is -0.839. The number of aliphatic carboxylic acids is 1. The van der Waals surface area contributed by atoms with E-state index in [1.165, 1.54) is 4.88 Å². The number of rotatable bonds is 8. The van der Waals surface area contributed by atoms with Gasteiger partial charge in [-0.3, -0.25) is 4.79 Å². The van der Waals surface area contributed by atoms with Gasteiger partial charge in [0.15, 0.2) is 0 Å². The Bertz CT molecular complexity index is 448. The zero-order valence-electron chi connectivity index (χ0n) is 11.8. The lowest BCUT2D eigenvalue weighted by atomic mass is 10.0. The maximum absolute atomic E-state index is 11.6. The molecule has 0 aliphatic carbocycles. The Kier molecular flexibility index (Phi) is 7.00. The molecule has 1 rings (SSSR count). The van der Waals surface area contributed by atoms with Gasteiger partial charge < -0.3 is 15.7 Å². The van der Waals surface area contributed by atoms with E-state index >= 15 is 0 Å². The highest BCUT2D eigenvalue weighted by Crippen LogP contribution is 2.12. The molecule has 0 radical (unpaired) electrons. The number of thiazole rings is 1. The van der Waals surface area contributed by atoms with Gasteiger partial charge in [-0.25, -0.2) is 9.78 Å². The third-order valence-electron chi connectivity index (χ3n) is 2.94. The van der Waals surface area contributed by atoms with E-state index < -0.39 is 5.97 Å². The highest BCUT2D eigenvalue weighted by Gasteiger charge is 2.12. The van der Waals surface area contributed by atoms with Crippen molar-refractivity contribution in [3.8, 4) is 0 Å². The average molecular weight is 299 g/mol. The Morgan fingerprint density at radius 3 is 2.70 bits per heavy atom. The number of carbonyl (C=O) groups excluding carboxylic acids is 1. The minimum Gasteiger partial charge on any atom is -0.481 e. The molecule has 1 atom stereocenters. The summed E-state index contributed by atoms with van der Waals surface area (Å²) in [6.45, 7) is 4.73. The Labute approximate surface area is 122 Å². The van der Waals surface area contributed by atoms with E-state index in [4.69, 9.17) is 5.11 Å². The fourth-order valence-electron chi connectivity index (χ4n) is 1.66.